The van der Waals surface area contributed by atoms with Crippen LogP contribution in [-0.2, 0) is 23.9 Å². The molecular formula is C27H36ClFN4O7. The zero-order valence-corrected chi connectivity index (χ0v) is 23.6. The average molecular weight is 583 g/mol. The van der Waals surface area contributed by atoms with Crippen molar-refractivity contribution >= 4 is 35.4 Å². The number of amides is 4. The number of likely N-dealkylation sites (tertiary alicyclic amines) is 1. The monoisotopic (exact) mass is 582 g/mol. The van der Waals surface area contributed by atoms with Crippen LogP contribution in [0.5, 0.6) is 5.75 Å². The van der Waals surface area contributed by atoms with Gasteiger partial charge in [0, 0.05) is 24.6 Å². The van der Waals surface area contributed by atoms with Crippen LogP contribution >= 0.6 is 11.6 Å². The highest BCUT2D eigenvalue weighted by molar-refractivity contribution is 6.30. The van der Waals surface area contributed by atoms with Crippen molar-refractivity contribution in [2.75, 3.05) is 13.2 Å². The maximum Gasteiger partial charge on any atom is 0.411 e. The predicted molar refractivity (Wildman–Crippen MR) is 142 cm³/mol. The van der Waals surface area contributed by atoms with E-state index in [1.807, 2.05) is 0 Å². The highest BCUT2D eigenvalue weighted by Crippen LogP contribution is 2.36. The fraction of sp³-hybridized carbons (Fsp3) is 0.630. The minimum atomic E-state index is -0.913. The number of piperidine rings is 1. The van der Waals surface area contributed by atoms with Gasteiger partial charge in [0.2, 0.25) is 5.91 Å². The molecule has 2 atom stereocenters. The topological polar surface area (TPSA) is 135 Å². The van der Waals surface area contributed by atoms with Gasteiger partial charge in [0.15, 0.2) is 6.61 Å². The van der Waals surface area contributed by atoms with Crippen molar-refractivity contribution < 1.29 is 37.8 Å². The summed E-state index contributed by atoms with van der Waals surface area (Å²) in [6.07, 6.45) is 3.67. The lowest BCUT2D eigenvalue weighted by atomic mass is 9.82. The van der Waals surface area contributed by atoms with Crippen LogP contribution in [0.25, 0.3) is 0 Å². The molecular weight excluding hydrogens is 547 g/mol. The molecule has 1 heterocycles. The van der Waals surface area contributed by atoms with Gasteiger partial charge in [-0.25, -0.2) is 9.18 Å². The minimum absolute atomic E-state index is 0.00503. The zero-order chi connectivity index (χ0) is 29.0. The van der Waals surface area contributed by atoms with Crippen LogP contribution in [0.15, 0.2) is 18.2 Å². The molecule has 40 heavy (non-hydrogen) atoms. The average Bonchev–Trinajstić information content (AvgIpc) is 3.68. The van der Waals surface area contributed by atoms with E-state index in [9.17, 15) is 23.6 Å². The third kappa shape index (κ3) is 8.44. The lowest BCUT2D eigenvalue weighted by Gasteiger charge is -2.39. The maximum absolute atomic E-state index is 13.6. The summed E-state index contributed by atoms with van der Waals surface area (Å²) in [5, 5.41) is 2.72. The van der Waals surface area contributed by atoms with E-state index < -0.39 is 41.4 Å². The van der Waals surface area contributed by atoms with Gasteiger partial charge in [-0.2, -0.15) is 0 Å². The first-order chi connectivity index (χ1) is 18.9. The lowest BCUT2D eigenvalue weighted by Crippen LogP contribution is -2.61. The molecule has 11 nitrogen and oxygen atoms in total. The van der Waals surface area contributed by atoms with Crippen molar-refractivity contribution in [2.45, 2.75) is 89.2 Å². The second-order valence-electron chi connectivity index (χ2n) is 11.5. The van der Waals surface area contributed by atoms with Gasteiger partial charge < -0.3 is 19.5 Å². The second-order valence-corrected chi connectivity index (χ2v) is 11.9. The quantitative estimate of drug-likeness (QED) is 0.401. The van der Waals surface area contributed by atoms with Gasteiger partial charge in [0.25, 0.3) is 11.8 Å². The number of benzene rings is 1. The Kier molecular flexibility index (Phi) is 9.40. The molecule has 4 amide bonds. The van der Waals surface area contributed by atoms with Crippen LogP contribution in [0.4, 0.5) is 9.18 Å². The molecule has 4 rings (SSSR count). The SMILES string of the molecule is CC(C)(C)OC(=O)N1C[C@@H](NC(=O)COc2ccc(Cl)c(F)c2)CC[C@@H]1C(=O)NNC(=O)C1CC(OC2CC2)C1. The van der Waals surface area contributed by atoms with Gasteiger partial charge in [0.1, 0.15) is 23.2 Å². The number of carbonyl (C=O) groups excluding carboxylic acids is 4. The van der Waals surface area contributed by atoms with Crippen LogP contribution in [0, 0.1) is 11.7 Å². The van der Waals surface area contributed by atoms with Crippen molar-refractivity contribution in [2.24, 2.45) is 5.92 Å². The largest absolute Gasteiger partial charge is 0.484 e. The van der Waals surface area contributed by atoms with Crippen LogP contribution in [-0.4, -0.2) is 71.8 Å². The molecule has 1 aromatic carbocycles. The Morgan fingerprint density at radius 2 is 1.73 bits per heavy atom. The number of hydrogen-bond donors (Lipinski definition) is 3. The fourth-order valence-corrected chi connectivity index (χ4v) is 4.66. The molecule has 3 N–H and O–H groups in total. The number of hydrazine groups is 1. The van der Waals surface area contributed by atoms with E-state index >= 15 is 0 Å². The third-order valence-electron chi connectivity index (χ3n) is 6.82. The van der Waals surface area contributed by atoms with Crippen LogP contribution in [0.1, 0.15) is 59.3 Å². The van der Waals surface area contributed by atoms with E-state index in [1.165, 1.54) is 17.0 Å². The minimum Gasteiger partial charge on any atom is -0.484 e. The van der Waals surface area contributed by atoms with Gasteiger partial charge in [-0.3, -0.25) is 30.1 Å². The number of nitrogens with zero attached hydrogens (tertiary/aromatic N) is 1. The molecule has 0 radical (unpaired) electrons. The Balaban J connectivity index is 1.28. The summed E-state index contributed by atoms with van der Waals surface area (Å²) in [5.74, 6) is -2.09. The number of ether oxygens (including phenoxy) is 3. The molecule has 220 valence electrons. The van der Waals surface area contributed by atoms with Gasteiger partial charge in [0.05, 0.1) is 17.2 Å². The summed E-state index contributed by atoms with van der Waals surface area (Å²) >= 11 is 5.66. The van der Waals surface area contributed by atoms with Gasteiger partial charge in [-0.05, 0) is 71.4 Å². The predicted octanol–water partition coefficient (Wildman–Crippen LogP) is 2.85. The zero-order valence-electron chi connectivity index (χ0n) is 22.8. The molecule has 0 unspecified atom stereocenters. The van der Waals surface area contributed by atoms with E-state index in [4.69, 9.17) is 25.8 Å². The Bertz CT molecular complexity index is 1120. The number of carbonyl (C=O) groups is 4. The molecule has 0 spiro atoms. The first kappa shape index (κ1) is 29.9. The first-order valence-corrected chi connectivity index (χ1v) is 13.9. The molecule has 2 saturated carbocycles. The highest BCUT2D eigenvalue weighted by Gasteiger charge is 2.41. The van der Waals surface area contributed by atoms with Crippen molar-refractivity contribution in [3.05, 3.63) is 29.0 Å². The summed E-state index contributed by atoms with van der Waals surface area (Å²) in [6.45, 7) is 4.75. The van der Waals surface area contributed by atoms with E-state index in [0.29, 0.717) is 25.4 Å². The van der Waals surface area contributed by atoms with Crippen LogP contribution < -0.4 is 20.9 Å². The number of halogens is 2. The molecule has 1 saturated heterocycles. The normalized spacial score (nSPS) is 24.4. The Labute approximate surface area is 237 Å². The Morgan fingerprint density at radius 3 is 2.38 bits per heavy atom. The fourth-order valence-electron chi connectivity index (χ4n) is 4.54. The molecule has 1 aromatic rings. The summed E-state index contributed by atoms with van der Waals surface area (Å²) in [6, 6.07) is 2.45. The maximum atomic E-state index is 13.6. The molecule has 3 fully saturated rings. The summed E-state index contributed by atoms with van der Waals surface area (Å²) in [7, 11) is 0. The summed E-state index contributed by atoms with van der Waals surface area (Å²) in [4.78, 5) is 52.2. The van der Waals surface area contributed by atoms with Crippen molar-refractivity contribution in [3.63, 3.8) is 0 Å². The number of rotatable bonds is 8. The third-order valence-corrected chi connectivity index (χ3v) is 7.13. The van der Waals surface area contributed by atoms with E-state index in [0.717, 1.165) is 18.9 Å². The van der Waals surface area contributed by atoms with Crippen LogP contribution in [0.3, 0.4) is 0 Å². The first-order valence-electron chi connectivity index (χ1n) is 13.5. The number of nitrogens with one attached hydrogen (secondary N) is 3. The molecule has 2 aliphatic carbocycles. The van der Waals surface area contributed by atoms with Crippen LogP contribution in [0.2, 0.25) is 5.02 Å². The molecule has 0 aromatic heterocycles. The highest BCUT2D eigenvalue weighted by atomic mass is 35.5. The Morgan fingerprint density at radius 1 is 1.02 bits per heavy atom. The number of hydrogen-bond acceptors (Lipinski definition) is 7. The molecule has 3 aliphatic rings. The van der Waals surface area contributed by atoms with E-state index in [1.54, 1.807) is 20.8 Å². The van der Waals surface area contributed by atoms with E-state index in [2.05, 4.69) is 16.2 Å². The van der Waals surface area contributed by atoms with Crippen molar-refractivity contribution in [1.82, 2.24) is 21.1 Å². The van der Waals surface area contributed by atoms with Crippen molar-refractivity contribution in [1.29, 1.82) is 0 Å². The lowest BCUT2D eigenvalue weighted by molar-refractivity contribution is -0.140. The smallest absolute Gasteiger partial charge is 0.411 e. The van der Waals surface area contributed by atoms with Crippen molar-refractivity contribution in [3.8, 4) is 5.75 Å². The van der Waals surface area contributed by atoms with E-state index in [-0.39, 0.29) is 48.3 Å². The summed E-state index contributed by atoms with van der Waals surface area (Å²) < 4.78 is 30.2. The van der Waals surface area contributed by atoms with Gasteiger partial charge >= 0.3 is 6.09 Å². The van der Waals surface area contributed by atoms with Gasteiger partial charge in [-0.1, -0.05) is 11.6 Å². The molecule has 1 aliphatic heterocycles. The standard InChI is InChI=1S/C27H36ClFN4O7/c1-27(2,3)40-26(37)33-13-16(30-23(34)14-38-18-7-8-20(28)21(29)12-18)4-9-22(33)25(36)32-31-24(35)15-10-19(11-15)39-17-5-6-17/h7-8,12,15-17,19,22H,4-6,9-11,13-14H2,1-3H3,(H,30,34)(H,31,35)(H,32,36)/t15?,16-,19?,22+/m0/s1. The second kappa shape index (κ2) is 12.6. The molecule has 0 bridgehead atoms. The Hall–Kier alpha value is -3.12. The molecule has 13 heteroatoms. The summed E-state index contributed by atoms with van der Waals surface area (Å²) in [5.41, 5.74) is 4.10. The van der Waals surface area contributed by atoms with Gasteiger partial charge in [-0.15, -0.1) is 0 Å².